The number of para-hydroxylation sites is 1. The highest BCUT2D eigenvalue weighted by molar-refractivity contribution is 6.15. The van der Waals surface area contributed by atoms with Gasteiger partial charge in [-0.2, -0.15) is 0 Å². The van der Waals surface area contributed by atoms with Crippen LogP contribution in [0.1, 0.15) is 16.7 Å². The van der Waals surface area contributed by atoms with E-state index in [1.807, 2.05) is 55.6 Å². The lowest BCUT2D eigenvalue weighted by molar-refractivity contribution is -0.143. The standard InChI is InChI=1S/C26H26N4O4/c1-14-7-8-19-17(11-14)26(25(33)28-19)22-21(23(31)30(24(22)32)9-10-34-2)20(29-26)12-15-13-27-18-6-4-3-5-16(15)18/h3-8,11,13,20-22,27,29H,9-10,12H2,1-2H3,(H,28,33). The molecular formula is C26H26N4O4. The number of imide groups is 1. The number of carbonyl (C=O) groups is 3. The van der Waals surface area contributed by atoms with Gasteiger partial charge in [-0.05, 0) is 31.0 Å². The molecule has 2 aromatic carbocycles. The molecule has 8 heteroatoms. The lowest BCUT2D eigenvalue weighted by Crippen LogP contribution is -2.53. The number of ether oxygens (including phenoxy) is 1. The third-order valence-electron chi connectivity index (χ3n) is 7.60. The molecule has 3 amide bonds. The van der Waals surface area contributed by atoms with Gasteiger partial charge in [-0.25, -0.2) is 0 Å². The fraction of sp³-hybridized carbons (Fsp3) is 0.346. The first-order valence-electron chi connectivity index (χ1n) is 11.5. The van der Waals surface area contributed by atoms with E-state index in [1.165, 1.54) is 12.0 Å². The van der Waals surface area contributed by atoms with E-state index in [9.17, 15) is 14.4 Å². The Bertz CT molecular complexity index is 1350. The van der Waals surface area contributed by atoms with Crippen molar-refractivity contribution in [3.8, 4) is 0 Å². The van der Waals surface area contributed by atoms with Crippen molar-refractivity contribution in [1.29, 1.82) is 0 Å². The number of benzene rings is 2. The zero-order chi connectivity index (χ0) is 23.6. The van der Waals surface area contributed by atoms with Crippen molar-refractivity contribution in [2.24, 2.45) is 11.8 Å². The highest BCUT2D eigenvalue weighted by Crippen LogP contribution is 2.53. The smallest absolute Gasteiger partial charge is 0.250 e. The van der Waals surface area contributed by atoms with Gasteiger partial charge in [0.15, 0.2) is 0 Å². The van der Waals surface area contributed by atoms with Crippen LogP contribution in [0, 0.1) is 18.8 Å². The molecule has 3 aliphatic heterocycles. The molecule has 174 valence electrons. The van der Waals surface area contributed by atoms with Gasteiger partial charge in [0, 0.05) is 41.5 Å². The van der Waals surface area contributed by atoms with E-state index in [2.05, 4.69) is 15.6 Å². The number of anilines is 1. The molecule has 4 atom stereocenters. The second-order valence-corrected chi connectivity index (χ2v) is 9.45. The topological polar surface area (TPSA) is 104 Å². The quantitative estimate of drug-likeness (QED) is 0.508. The third-order valence-corrected chi connectivity index (χ3v) is 7.60. The van der Waals surface area contributed by atoms with Crippen LogP contribution < -0.4 is 10.6 Å². The van der Waals surface area contributed by atoms with Crippen molar-refractivity contribution in [2.75, 3.05) is 25.6 Å². The molecule has 0 radical (unpaired) electrons. The number of hydrogen-bond acceptors (Lipinski definition) is 5. The largest absolute Gasteiger partial charge is 0.383 e. The van der Waals surface area contributed by atoms with E-state index >= 15 is 0 Å². The first-order valence-corrected chi connectivity index (χ1v) is 11.5. The van der Waals surface area contributed by atoms with Crippen LogP contribution in [0.4, 0.5) is 5.69 Å². The molecule has 1 aromatic heterocycles. The summed E-state index contributed by atoms with van der Waals surface area (Å²) < 4.78 is 5.15. The normalized spacial score (nSPS) is 27.6. The Hall–Kier alpha value is -3.49. The van der Waals surface area contributed by atoms with Gasteiger partial charge in [-0.3, -0.25) is 24.6 Å². The van der Waals surface area contributed by atoms with Gasteiger partial charge < -0.3 is 15.0 Å². The summed E-state index contributed by atoms with van der Waals surface area (Å²) in [5, 5.41) is 7.55. The summed E-state index contributed by atoms with van der Waals surface area (Å²) in [4.78, 5) is 45.4. The number of methoxy groups -OCH3 is 1. The Morgan fingerprint density at radius 1 is 1.09 bits per heavy atom. The number of rotatable bonds is 5. The molecule has 3 aromatic rings. The molecule has 2 fully saturated rings. The number of fused-ring (bicyclic) bond motifs is 5. The molecule has 0 bridgehead atoms. The van der Waals surface area contributed by atoms with Gasteiger partial charge in [0.05, 0.1) is 25.0 Å². The number of likely N-dealkylation sites (tertiary alicyclic amines) is 1. The fourth-order valence-electron chi connectivity index (χ4n) is 6.09. The van der Waals surface area contributed by atoms with Crippen molar-refractivity contribution < 1.29 is 19.1 Å². The molecule has 0 aliphatic carbocycles. The van der Waals surface area contributed by atoms with E-state index in [0.717, 1.165) is 27.6 Å². The van der Waals surface area contributed by atoms with Gasteiger partial charge >= 0.3 is 0 Å². The molecular weight excluding hydrogens is 432 g/mol. The van der Waals surface area contributed by atoms with Gasteiger partial charge in [0.25, 0.3) is 0 Å². The van der Waals surface area contributed by atoms with Gasteiger partial charge in [-0.1, -0.05) is 35.9 Å². The first-order chi connectivity index (χ1) is 16.5. The van der Waals surface area contributed by atoms with Crippen molar-refractivity contribution in [2.45, 2.75) is 24.9 Å². The Morgan fingerprint density at radius 3 is 2.74 bits per heavy atom. The third kappa shape index (κ3) is 2.75. The number of nitrogens with one attached hydrogen (secondary N) is 3. The van der Waals surface area contributed by atoms with Crippen molar-refractivity contribution in [1.82, 2.24) is 15.2 Å². The maximum absolute atomic E-state index is 13.7. The van der Waals surface area contributed by atoms with Crippen LogP contribution in [-0.4, -0.2) is 53.9 Å². The molecule has 3 N–H and O–H groups in total. The van der Waals surface area contributed by atoms with Crippen molar-refractivity contribution >= 4 is 34.3 Å². The number of aromatic nitrogens is 1. The van der Waals surface area contributed by atoms with Crippen molar-refractivity contribution in [3.63, 3.8) is 0 Å². The predicted molar refractivity (Wildman–Crippen MR) is 126 cm³/mol. The monoisotopic (exact) mass is 458 g/mol. The molecule has 34 heavy (non-hydrogen) atoms. The van der Waals surface area contributed by atoms with E-state index in [-0.39, 0.29) is 36.9 Å². The van der Waals surface area contributed by atoms with E-state index in [4.69, 9.17) is 4.74 Å². The highest BCUT2D eigenvalue weighted by atomic mass is 16.5. The number of aromatic amines is 1. The Morgan fingerprint density at radius 2 is 1.91 bits per heavy atom. The van der Waals surface area contributed by atoms with Gasteiger partial charge in [-0.15, -0.1) is 0 Å². The Kier molecular flexibility index (Phi) is 4.65. The zero-order valence-electron chi connectivity index (χ0n) is 19.1. The summed E-state index contributed by atoms with van der Waals surface area (Å²) in [7, 11) is 1.54. The Balaban J connectivity index is 1.47. The number of hydrogen-bond donors (Lipinski definition) is 3. The van der Waals surface area contributed by atoms with Gasteiger partial charge in [0.2, 0.25) is 17.7 Å². The summed E-state index contributed by atoms with van der Waals surface area (Å²) in [6.45, 7) is 2.39. The molecule has 4 heterocycles. The molecule has 8 nitrogen and oxygen atoms in total. The van der Waals surface area contributed by atoms with Crippen LogP contribution in [0.25, 0.3) is 10.9 Å². The average Bonchev–Trinajstić information content (AvgIpc) is 3.53. The predicted octanol–water partition coefficient (Wildman–Crippen LogP) is 2.09. The first kappa shape index (κ1) is 21.1. The van der Waals surface area contributed by atoms with E-state index < -0.39 is 17.4 Å². The summed E-state index contributed by atoms with van der Waals surface area (Å²) in [5.41, 5.74) is 3.19. The lowest BCUT2D eigenvalue weighted by atomic mass is 9.76. The average molecular weight is 459 g/mol. The van der Waals surface area contributed by atoms with Gasteiger partial charge in [0.1, 0.15) is 5.54 Å². The highest BCUT2D eigenvalue weighted by Gasteiger charge is 2.70. The number of nitrogens with zero attached hydrogens (tertiary/aromatic N) is 1. The molecule has 3 aliphatic rings. The molecule has 2 saturated heterocycles. The molecule has 1 spiro atoms. The van der Waals surface area contributed by atoms with Crippen LogP contribution in [0.5, 0.6) is 0 Å². The minimum atomic E-state index is -1.28. The van der Waals surface area contributed by atoms with Crippen LogP contribution in [-0.2, 0) is 31.1 Å². The molecule has 4 unspecified atom stereocenters. The van der Waals surface area contributed by atoms with E-state index in [0.29, 0.717) is 12.1 Å². The summed E-state index contributed by atoms with van der Waals surface area (Å²) >= 11 is 0. The number of H-pyrrole nitrogens is 1. The SMILES string of the molecule is COCCN1C(=O)C2C(Cc3c[nH]c4ccccc34)NC3(C(=O)Nc4ccc(C)cc43)C2C1=O. The fourth-order valence-corrected chi connectivity index (χ4v) is 6.09. The minimum absolute atomic E-state index is 0.180. The number of amides is 3. The zero-order valence-corrected chi connectivity index (χ0v) is 19.1. The Labute approximate surface area is 196 Å². The summed E-state index contributed by atoms with van der Waals surface area (Å²) in [6.07, 6.45) is 2.46. The maximum Gasteiger partial charge on any atom is 0.250 e. The summed E-state index contributed by atoms with van der Waals surface area (Å²) in [5.74, 6) is -2.29. The second kappa shape index (κ2) is 7.51. The van der Waals surface area contributed by atoms with Crippen LogP contribution in [0.3, 0.4) is 0 Å². The molecule has 0 saturated carbocycles. The molecule has 6 rings (SSSR count). The number of carbonyl (C=O) groups excluding carboxylic acids is 3. The van der Waals surface area contributed by atoms with E-state index in [1.54, 1.807) is 0 Å². The maximum atomic E-state index is 13.7. The van der Waals surface area contributed by atoms with Crippen LogP contribution in [0.2, 0.25) is 0 Å². The second-order valence-electron chi connectivity index (χ2n) is 9.45. The van der Waals surface area contributed by atoms with Crippen LogP contribution in [0.15, 0.2) is 48.7 Å². The summed E-state index contributed by atoms with van der Waals surface area (Å²) in [6, 6.07) is 13.3. The number of aryl methyl sites for hydroxylation is 1. The van der Waals surface area contributed by atoms with Crippen LogP contribution >= 0.6 is 0 Å². The minimum Gasteiger partial charge on any atom is -0.383 e. The van der Waals surface area contributed by atoms with Crippen molar-refractivity contribution in [3.05, 3.63) is 65.4 Å². The lowest BCUT2D eigenvalue weighted by Gasteiger charge is -2.29.